The molecule has 0 amide bonds. The Labute approximate surface area is 384 Å². The molecule has 2 nitrogen and oxygen atoms in total. The van der Waals surface area contributed by atoms with E-state index in [-0.39, 0.29) is 62.2 Å². The Kier molecular flexibility index (Phi) is 10.6. The number of benzene rings is 9. The Bertz CT molecular complexity index is 3250. The van der Waals surface area contributed by atoms with E-state index in [9.17, 15) is 0 Å². The minimum Gasteiger partial charge on any atom is -0.456 e. The van der Waals surface area contributed by atoms with Crippen LogP contribution in [0.15, 0.2) is 191 Å². The van der Waals surface area contributed by atoms with Gasteiger partial charge in [0.25, 0.3) is 0 Å². The minimum atomic E-state index is 0. The summed E-state index contributed by atoms with van der Waals surface area (Å²) in [7, 11) is 0. The molecule has 11 aromatic rings. The summed E-state index contributed by atoms with van der Waals surface area (Å²) in [6, 6.07) is 76.9. The summed E-state index contributed by atoms with van der Waals surface area (Å²) in [5.74, 6) is 0. The molecular weight excluding hydrogens is 1160 g/mol. The Morgan fingerprint density at radius 1 is 0.276 bits per heavy atom. The molecule has 2 heterocycles. The molecular formula is C54H30O2U2. The molecule has 11 rings (SSSR count). The molecule has 0 aliphatic heterocycles. The molecule has 0 aliphatic rings. The van der Waals surface area contributed by atoms with Gasteiger partial charge in [0.2, 0.25) is 0 Å². The average molecular weight is 1190 g/mol. The van der Waals surface area contributed by atoms with Crippen molar-refractivity contribution in [1.82, 2.24) is 0 Å². The standard InChI is InChI=1S/C54H30O2.2U/c1-3-11-35(12-4-1)37-15-7-16-38(27-37)39-17-8-18-40(28-39)41-19-9-20-42(29-41)43-21-10-22-44(30-43)46-24-26-52-48(32-46)50-33-49-47-31-45(36-13-5-2-6-14-36)23-25-51(47)55-53(49)34-54(50)56-52;;/h1-15,20-34H;;/q-4;2*+2. The maximum absolute atomic E-state index is 6.38. The largest absolute Gasteiger partial charge is 2.00 e. The molecule has 0 aliphatic carbocycles. The summed E-state index contributed by atoms with van der Waals surface area (Å²) in [6.07, 6.45) is 0. The second-order valence-electron chi connectivity index (χ2n) is 14.2. The molecule has 0 saturated heterocycles. The van der Waals surface area contributed by atoms with Crippen LogP contribution in [0.5, 0.6) is 0 Å². The first-order valence-electron chi connectivity index (χ1n) is 18.7. The number of furan rings is 2. The Hall–Kier alpha value is -5.32. The Balaban J connectivity index is 0.00000218. The van der Waals surface area contributed by atoms with E-state index < -0.39 is 0 Å². The molecule has 0 fully saturated rings. The zero-order chi connectivity index (χ0) is 37.0. The predicted octanol–water partition coefficient (Wildman–Crippen LogP) is 14.7. The van der Waals surface area contributed by atoms with Gasteiger partial charge in [0.15, 0.2) is 0 Å². The van der Waals surface area contributed by atoms with Gasteiger partial charge in [0.1, 0.15) is 22.3 Å². The van der Waals surface area contributed by atoms with Crippen molar-refractivity contribution >= 4 is 43.9 Å². The van der Waals surface area contributed by atoms with Gasteiger partial charge in [0.05, 0.1) is 0 Å². The molecule has 4 heteroatoms. The van der Waals surface area contributed by atoms with Crippen LogP contribution in [-0.4, -0.2) is 0 Å². The van der Waals surface area contributed by atoms with Gasteiger partial charge in [-0.05, 0) is 69.8 Å². The fourth-order valence-corrected chi connectivity index (χ4v) is 7.88. The average Bonchev–Trinajstić information content (AvgIpc) is 3.82. The van der Waals surface area contributed by atoms with Crippen LogP contribution in [0, 0.1) is 86.5 Å². The van der Waals surface area contributed by atoms with Gasteiger partial charge < -0.3 is 38.2 Å². The minimum absolute atomic E-state index is 0. The first-order chi connectivity index (χ1) is 27.7. The molecule has 9 aromatic carbocycles. The first-order valence-corrected chi connectivity index (χ1v) is 18.7. The van der Waals surface area contributed by atoms with Gasteiger partial charge in [-0.15, -0.1) is 41.5 Å². The fraction of sp³-hybridized carbons (Fsp3) is 0. The van der Waals surface area contributed by atoms with Gasteiger partial charge >= 0.3 is 62.2 Å². The maximum Gasteiger partial charge on any atom is 2.00 e. The molecule has 0 unspecified atom stereocenters. The summed E-state index contributed by atoms with van der Waals surface area (Å²) in [4.78, 5) is 0. The SMILES string of the molecule is [U+2].[U+2].[c-]1c[c-]c(-c2[c-]ccc(-c3cccc(-c4ccc5oc6cc7oc8ccc(-c9ccccc9)cc8c7cc6c5c4)c3)c2)cc1-c1[c-]ccc(-c2ccccc2)c1. The first kappa shape index (κ1) is 38.2. The zero-order valence-electron chi connectivity index (χ0n) is 31.1. The van der Waals surface area contributed by atoms with Crippen LogP contribution in [0.3, 0.4) is 0 Å². The number of fused-ring (bicyclic) bond motifs is 6. The summed E-state index contributed by atoms with van der Waals surface area (Å²) in [5, 5.41) is 4.32. The molecule has 58 heavy (non-hydrogen) atoms. The molecule has 0 N–H and O–H groups in total. The predicted molar refractivity (Wildman–Crippen MR) is 229 cm³/mol. The van der Waals surface area contributed by atoms with Crippen LogP contribution < -0.4 is 0 Å². The fourth-order valence-electron chi connectivity index (χ4n) is 7.88. The van der Waals surface area contributed by atoms with E-state index >= 15 is 0 Å². The third-order valence-electron chi connectivity index (χ3n) is 10.7. The van der Waals surface area contributed by atoms with Crippen LogP contribution in [0.4, 0.5) is 0 Å². The molecule has 0 radical (unpaired) electrons. The Morgan fingerprint density at radius 3 is 1.22 bits per heavy atom. The van der Waals surface area contributed by atoms with Crippen LogP contribution in [-0.2, 0) is 0 Å². The van der Waals surface area contributed by atoms with Gasteiger partial charge in [-0.3, -0.25) is 11.6 Å². The molecule has 2 aromatic heterocycles. The maximum atomic E-state index is 6.38. The van der Waals surface area contributed by atoms with Gasteiger partial charge in [-0.25, -0.2) is 12.1 Å². The van der Waals surface area contributed by atoms with E-state index in [0.29, 0.717) is 0 Å². The normalized spacial score (nSPS) is 11.2. The van der Waals surface area contributed by atoms with Gasteiger partial charge in [-0.1, -0.05) is 91.0 Å². The van der Waals surface area contributed by atoms with E-state index in [1.165, 1.54) is 11.1 Å². The summed E-state index contributed by atoms with van der Waals surface area (Å²) in [6.45, 7) is 0. The van der Waals surface area contributed by atoms with Crippen LogP contribution in [0.1, 0.15) is 0 Å². The van der Waals surface area contributed by atoms with Crippen LogP contribution in [0.2, 0.25) is 0 Å². The molecule has 266 valence electrons. The van der Waals surface area contributed by atoms with Crippen molar-refractivity contribution in [3.63, 3.8) is 0 Å². The summed E-state index contributed by atoms with van der Waals surface area (Å²) < 4.78 is 12.7. The molecule has 0 atom stereocenters. The quantitative estimate of drug-likeness (QED) is 0.155. The van der Waals surface area contributed by atoms with E-state index in [4.69, 9.17) is 8.83 Å². The number of rotatable bonds is 6. The van der Waals surface area contributed by atoms with Crippen LogP contribution >= 0.6 is 0 Å². The topological polar surface area (TPSA) is 26.3 Å². The van der Waals surface area contributed by atoms with Crippen molar-refractivity contribution in [3.05, 3.63) is 206 Å². The van der Waals surface area contributed by atoms with E-state index in [0.717, 1.165) is 99.5 Å². The van der Waals surface area contributed by atoms with Gasteiger partial charge in [0, 0.05) is 27.6 Å². The molecule has 0 spiro atoms. The molecule has 0 saturated carbocycles. The van der Waals surface area contributed by atoms with E-state index in [2.05, 4.69) is 170 Å². The third kappa shape index (κ3) is 7.11. The smallest absolute Gasteiger partial charge is 0.456 e. The second kappa shape index (κ2) is 16.1. The van der Waals surface area contributed by atoms with Crippen molar-refractivity contribution in [1.29, 1.82) is 0 Å². The second-order valence-corrected chi connectivity index (χ2v) is 14.2. The van der Waals surface area contributed by atoms with Crippen molar-refractivity contribution in [3.8, 4) is 66.8 Å². The van der Waals surface area contributed by atoms with Crippen molar-refractivity contribution in [2.24, 2.45) is 0 Å². The zero-order valence-corrected chi connectivity index (χ0v) is 39.5. The monoisotopic (exact) mass is 1190 g/mol. The molecule has 0 bridgehead atoms. The third-order valence-corrected chi connectivity index (χ3v) is 10.7. The Morgan fingerprint density at radius 2 is 0.690 bits per heavy atom. The van der Waals surface area contributed by atoms with Crippen LogP contribution in [0.25, 0.3) is 111 Å². The summed E-state index contributed by atoms with van der Waals surface area (Å²) in [5.41, 5.74) is 16.4. The van der Waals surface area contributed by atoms with Gasteiger partial charge in [-0.2, -0.15) is 11.6 Å². The van der Waals surface area contributed by atoms with Crippen molar-refractivity contribution in [2.45, 2.75) is 0 Å². The summed E-state index contributed by atoms with van der Waals surface area (Å²) >= 11 is 0. The number of hydrogen-bond donors (Lipinski definition) is 0. The van der Waals surface area contributed by atoms with Crippen molar-refractivity contribution in [2.75, 3.05) is 0 Å². The van der Waals surface area contributed by atoms with Crippen molar-refractivity contribution < 1.29 is 71.1 Å². The van der Waals surface area contributed by atoms with E-state index in [1.54, 1.807) is 0 Å². The van der Waals surface area contributed by atoms with E-state index in [1.807, 2.05) is 36.4 Å². The number of hydrogen-bond acceptors (Lipinski definition) is 2.